The average molecular weight is 196 g/mol. The smallest absolute Gasteiger partial charge is 0.264 e. The van der Waals surface area contributed by atoms with E-state index in [0.29, 0.717) is 19.6 Å². The Labute approximate surface area is 73.7 Å². The zero-order valence-corrected chi connectivity index (χ0v) is 8.14. The third kappa shape index (κ3) is 9.87. The van der Waals surface area contributed by atoms with Crippen LogP contribution in [0, 0.1) is 0 Å². The lowest BCUT2D eigenvalue weighted by atomic mass is 10.3. The summed E-state index contributed by atoms with van der Waals surface area (Å²) in [5.41, 5.74) is 0. The highest BCUT2D eigenvalue weighted by atomic mass is 32.2. The van der Waals surface area contributed by atoms with Crippen LogP contribution in [-0.4, -0.2) is 31.9 Å². The van der Waals surface area contributed by atoms with Crippen LogP contribution in [0.5, 0.6) is 0 Å². The van der Waals surface area contributed by atoms with Gasteiger partial charge in [0, 0.05) is 13.2 Å². The summed E-state index contributed by atoms with van der Waals surface area (Å²) in [4.78, 5) is 0. The number of rotatable bonds is 7. The molecule has 0 rings (SSSR count). The van der Waals surface area contributed by atoms with Gasteiger partial charge in [-0.05, 0) is 19.8 Å². The van der Waals surface area contributed by atoms with Crippen molar-refractivity contribution < 1.29 is 17.7 Å². The Kier molecular flexibility index (Phi) is 6.32. The summed E-state index contributed by atoms with van der Waals surface area (Å²) < 4.78 is 33.9. The molecule has 5 heteroatoms. The fraction of sp³-hybridized carbons (Fsp3) is 1.00. The molecule has 0 aromatic heterocycles. The molecule has 0 aromatic carbocycles. The third-order valence-electron chi connectivity index (χ3n) is 1.40. The maximum atomic E-state index is 10.2. The predicted molar refractivity (Wildman–Crippen MR) is 46.8 cm³/mol. The maximum Gasteiger partial charge on any atom is 0.264 e. The summed E-state index contributed by atoms with van der Waals surface area (Å²) in [6.45, 7) is 3.28. The van der Waals surface area contributed by atoms with Gasteiger partial charge in [0.2, 0.25) is 0 Å². The van der Waals surface area contributed by atoms with Crippen molar-refractivity contribution in [2.75, 3.05) is 19.0 Å². The lowest BCUT2D eigenvalue weighted by molar-refractivity contribution is 0.143. The second kappa shape index (κ2) is 6.39. The van der Waals surface area contributed by atoms with E-state index >= 15 is 0 Å². The molecule has 0 radical (unpaired) electrons. The van der Waals surface area contributed by atoms with Crippen LogP contribution in [0.1, 0.15) is 26.2 Å². The topological polar surface area (TPSA) is 63.6 Å². The van der Waals surface area contributed by atoms with Crippen LogP contribution in [0.15, 0.2) is 0 Å². The van der Waals surface area contributed by atoms with E-state index in [4.69, 9.17) is 9.29 Å². The average Bonchev–Trinajstić information content (AvgIpc) is 1.94. The van der Waals surface area contributed by atoms with E-state index in [1.54, 1.807) is 0 Å². The Morgan fingerprint density at radius 3 is 2.42 bits per heavy atom. The molecule has 0 atom stereocenters. The number of hydrogen-bond donors (Lipinski definition) is 1. The minimum atomic E-state index is -3.76. The number of ether oxygens (including phenoxy) is 1. The molecular weight excluding hydrogens is 180 g/mol. The molecule has 0 bridgehead atoms. The van der Waals surface area contributed by atoms with Crippen LogP contribution in [0.2, 0.25) is 0 Å². The quantitative estimate of drug-likeness (QED) is 0.489. The SMILES string of the molecule is CCOCCCCCS(=O)(=O)O. The highest BCUT2D eigenvalue weighted by Crippen LogP contribution is 1.98. The van der Waals surface area contributed by atoms with Gasteiger partial charge in [-0.15, -0.1) is 0 Å². The van der Waals surface area contributed by atoms with E-state index < -0.39 is 10.1 Å². The maximum absolute atomic E-state index is 10.2. The van der Waals surface area contributed by atoms with Crippen molar-refractivity contribution in [1.29, 1.82) is 0 Å². The molecule has 0 aromatic rings. The third-order valence-corrected chi connectivity index (χ3v) is 2.20. The first-order valence-corrected chi connectivity index (χ1v) is 5.70. The molecule has 0 unspecified atom stereocenters. The zero-order valence-electron chi connectivity index (χ0n) is 7.32. The summed E-state index contributed by atoms with van der Waals surface area (Å²) in [5.74, 6) is -0.140. The first kappa shape index (κ1) is 11.9. The zero-order chi connectivity index (χ0) is 9.45. The van der Waals surface area contributed by atoms with Crippen molar-refractivity contribution in [3.8, 4) is 0 Å². The summed E-state index contributed by atoms with van der Waals surface area (Å²) in [6, 6.07) is 0. The standard InChI is InChI=1S/C7H16O4S/c1-2-11-6-4-3-5-7-12(8,9)10/h2-7H2,1H3,(H,8,9,10). The molecule has 0 amide bonds. The van der Waals surface area contributed by atoms with Gasteiger partial charge in [0.1, 0.15) is 0 Å². The van der Waals surface area contributed by atoms with Crippen molar-refractivity contribution in [3.63, 3.8) is 0 Å². The molecule has 0 aliphatic rings. The van der Waals surface area contributed by atoms with E-state index in [9.17, 15) is 8.42 Å². The molecule has 4 nitrogen and oxygen atoms in total. The predicted octanol–water partition coefficient (Wildman–Crippen LogP) is 1.08. The minimum absolute atomic E-state index is 0.140. The Hall–Kier alpha value is -0.130. The fourth-order valence-corrected chi connectivity index (χ4v) is 1.38. The second-order valence-corrected chi connectivity index (χ2v) is 4.12. The molecule has 74 valence electrons. The summed E-state index contributed by atoms with van der Waals surface area (Å²) in [6.07, 6.45) is 2.13. The highest BCUT2D eigenvalue weighted by molar-refractivity contribution is 7.85. The van der Waals surface area contributed by atoms with Crippen LogP contribution < -0.4 is 0 Å². The van der Waals surface area contributed by atoms with Crippen molar-refractivity contribution >= 4 is 10.1 Å². The molecule has 0 fully saturated rings. The molecule has 1 N–H and O–H groups in total. The lowest BCUT2D eigenvalue weighted by Crippen LogP contribution is -2.04. The second-order valence-electron chi connectivity index (χ2n) is 2.54. The van der Waals surface area contributed by atoms with Crippen molar-refractivity contribution in [2.45, 2.75) is 26.2 Å². The van der Waals surface area contributed by atoms with E-state index in [2.05, 4.69) is 0 Å². The van der Waals surface area contributed by atoms with Crippen molar-refractivity contribution in [1.82, 2.24) is 0 Å². The van der Waals surface area contributed by atoms with Gasteiger partial charge < -0.3 is 4.74 Å². The van der Waals surface area contributed by atoms with Crippen molar-refractivity contribution in [2.24, 2.45) is 0 Å². The Balaban J connectivity index is 3.12. The molecule has 0 saturated carbocycles. The van der Waals surface area contributed by atoms with Crippen LogP contribution in [-0.2, 0) is 14.9 Å². The van der Waals surface area contributed by atoms with Gasteiger partial charge in [-0.25, -0.2) is 0 Å². The Morgan fingerprint density at radius 2 is 1.92 bits per heavy atom. The summed E-state index contributed by atoms with van der Waals surface area (Å²) >= 11 is 0. The fourth-order valence-electron chi connectivity index (χ4n) is 0.810. The molecule has 0 aliphatic heterocycles. The van der Waals surface area contributed by atoms with E-state index in [0.717, 1.165) is 12.8 Å². The monoisotopic (exact) mass is 196 g/mol. The molecule has 0 aliphatic carbocycles. The first-order valence-electron chi connectivity index (χ1n) is 4.09. The van der Waals surface area contributed by atoms with Crippen LogP contribution in [0.4, 0.5) is 0 Å². The molecule has 0 saturated heterocycles. The van der Waals surface area contributed by atoms with Gasteiger partial charge in [-0.1, -0.05) is 6.42 Å². The number of unbranched alkanes of at least 4 members (excludes halogenated alkanes) is 2. The lowest BCUT2D eigenvalue weighted by Gasteiger charge is -1.99. The summed E-state index contributed by atoms with van der Waals surface area (Å²) in [7, 11) is -3.76. The van der Waals surface area contributed by atoms with Gasteiger partial charge in [-0.2, -0.15) is 8.42 Å². The number of hydrogen-bond acceptors (Lipinski definition) is 3. The normalized spacial score (nSPS) is 11.8. The van der Waals surface area contributed by atoms with Crippen LogP contribution in [0.3, 0.4) is 0 Å². The van der Waals surface area contributed by atoms with Gasteiger partial charge in [0.05, 0.1) is 5.75 Å². The van der Waals surface area contributed by atoms with Crippen molar-refractivity contribution in [3.05, 3.63) is 0 Å². The Bertz CT molecular complexity index is 186. The van der Waals surface area contributed by atoms with Crippen LogP contribution in [0.25, 0.3) is 0 Å². The molecule has 0 spiro atoms. The molecular formula is C7H16O4S. The van der Waals surface area contributed by atoms with Gasteiger partial charge in [-0.3, -0.25) is 4.55 Å². The van der Waals surface area contributed by atoms with E-state index in [1.165, 1.54) is 0 Å². The molecule has 0 heterocycles. The van der Waals surface area contributed by atoms with E-state index in [-0.39, 0.29) is 5.75 Å². The van der Waals surface area contributed by atoms with E-state index in [1.807, 2.05) is 6.92 Å². The van der Waals surface area contributed by atoms with Crippen LogP contribution >= 0.6 is 0 Å². The largest absolute Gasteiger partial charge is 0.382 e. The highest BCUT2D eigenvalue weighted by Gasteiger charge is 2.02. The Morgan fingerprint density at radius 1 is 1.25 bits per heavy atom. The van der Waals surface area contributed by atoms with Gasteiger partial charge in [0.15, 0.2) is 0 Å². The van der Waals surface area contributed by atoms with Gasteiger partial charge in [0.25, 0.3) is 10.1 Å². The molecule has 12 heavy (non-hydrogen) atoms. The van der Waals surface area contributed by atoms with Gasteiger partial charge >= 0.3 is 0 Å². The first-order chi connectivity index (χ1) is 5.56. The minimum Gasteiger partial charge on any atom is -0.382 e. The summed E-state index contributed by atoms with van der Waals surface area (Å²) in [5, 5.41) is 0.